The largest absolute Gasteiger partial charge is 0.507 e. The zero-order valence-electron chi connectivity index (χ0n) is 28.3. The Labute approximate surface area is 273 Å². The number of methoxy groups -OCH3 is 1. The third kappa shape index (κ3) is 8.89. The van der Waals surface area contributed by atoms with Crippen LogP contribution < -0.4 is 14.2 Å². The summed E-state index contributed by atoms with van der Waals surface area (Å²) in [5.41, 5.74) is 1.59. The van der Waals surface area contributed by atoms with Crippen molar-refractivity contribution in [3.05, 3.63) is 60.7 Å². The quantitative estimate of drug-likeness (QED) is 0.126. The van der Waals surface area contributed by atoms with Crippen LogP contribution in [-0.2, 0) is 0 Å². The third-order valence-corrected chi connectivity index (χ3v) is 8.64. The van der Waals surface area contributed by atoms with Gasteiger partial charge in [0.15, 0.2) is 17.5 Å². The molecular formula is C38H49N3O5. The molecule has 8 heteroatoms. The highest BCUT2D eigenvalue weighted by Crippen LogP contribution is 2.36. The van der Waals surface area contributed by atoms with Gasteiger partial charge in [0.1, 0.15) is 28.7 Å². The van der Waals surface area contributed by atoms with Crippen molar-refractivity contribution in [2.75, 3.05) is 7.11 Å². The van der Waals surface area contributed by atoms with E-state index in [4.69, 9.17) is 29.2 Å². The number of rotatable bonds is 16. The summed E-state index contributed by atoms with van der Waals surface area (Å²) in [6.45, 7) is 13.0. The smallest absolute Gasteiger partial charge is 0.167 e. The molecule has 0 aliphatic carbocycles. The SMILES string of the molecule is CCC(C)CC(CC)Oc1ccc(-c2nc(-c3ccc(OC)cc3)nc(-c3ccc(OC(CC)CC(C)CC)cc3O)n2)c(O)c1. The second-order valence-corrected chi connectivity index (χ2v) is 12.2. The number of aromatic nitrogens is 3. The van der Waals surface area contributed by atoms with Gasteiger partial charge in [-0.05, 0) is 86.1 Å². The fourth-order valence-corrected chi connectivity index (χ4v) is 5.25. The molecule has 1 heterocycles. The first-order valence-electron chi connectivity index (χ1n) is 16.6. The van der Waals surface area contributed by atoms with Crippen molar-refractivity contribution < 1.29 is 24.4 Å². The van der Waals surface area contributed by atoms with Gasteiger partial charge in [0.2, 0.25) is 0 Å². The highest BCUT2D eigenvalue weighted by Gasteiger charge is 2.20. The molecule has 2 N–H and O–H groups in total. The molecule has 0 fully saturated rings. The summed E-state index contributed by atoms with van der Waals surface area (Å²) in [6, 6.07) is 17.8. The standard InChI is InChI=1S/C38H49N3O5/c1-8-24(5)20-27(10-3)45-30-16-18-32(34(42)22-30)37-39-36(26-12-14-29(44-7)15-13-26)40-38(41-37)33-19-17-31(23-35(33)43)46-28(11-4)21-25(6)9-2/h12-19,22-25,27-28,42-43H,8-11,20-21H2,1-7H3. The highest BCUT2D eigenvalue weighted by molar-refractivity contribution is 5.73. The van der Waals surface area contributed by atoms with Crippen LogP contribution in [0.2, 0.25) is 0 Å². The first kappa shape index (κ1) is 34.5. The summed E-state index contributed by atoms with van der Waals surface area (Å²) in [5, 5.41) is 22.3. The van der Waals surface area contributed by atoms with E-state index < -0.39 is 0 Å². The molecule has 0 bridgehead atoms. The molecule has 0 saturated heterocycles. The van der Waals surface area contributed by atoms with Crippen molar-refractivity contribution in [2.45, 2.75) is 92.3 Å². The number of phenols is 2. The van der Waals surface area contributed by atoms with Crippen molar-refractivity contribution >= 4 is 0 Å². The van der Waals surface area contributed by atoms with Gasteiger partial charge in [0.25, 0.3) is 0 Å². The van der Waals surface area contributed by atoms with E-state index >= 15 is 0 Å². The van der Waals surface area contributed by atoms with Crippen LogP contribution in [0.3, 0.4) is 0 Å². The lowest BCUT2D eigenvalue weighted by atomic mass is 9.99. The summed E-state index contributed by atoms with van der Waals surface area (Å²) in [6.07, 6.45) is 5.93. The van der Waals surface area contributed by atoms with Crippen LogP contribution in [0, 0.1) is 11.8 Å². The molecule has 0 saturated carbocycles. The number of ether oxygens (including phenoxy) is 3. The molecule has 4 rings (SSSR count). The van der Waals surface area contributed by atoms with Crippen molar-refractivity contribution in [1.29, 1.82) is 0 Å². The van der Waals surface area contributed by atoms with Gasteiger partial charge in [-0.2, -0.15) is 0 Å². The normalized spacial score (nSPS) is 13.9. The van der Waals surface area contributed by atoms with Crippen molar-refractivity contribution in [1.82, 2.24) is 15.0 Å². The van der Waals surface area contributed by atoms with Gasteiger partial charge in [0.05, 0.1) is 30.4 Å². The minimum Gasteiger partial charge on any atom is -0.507 e. The summed E-state index contributed by atoms with van der Waals surface area (Å²) in [4.78, 5) is 14.2. The Balaban J connectivity index is 1.71. The number of hydrogen-bond acceptors (Lipinski definition) is 8. The summed E-state index contributed by atoms with van der Waals surface area (Å²) >= 11 is 0. The molecule has 1 aromatic heterocycles. The molecule has 0 aliphatic rings. The number of aromatic hydroxyl groups is 2. The summed E-state index contributed by atoms with van der Waals surface area (Å²) < 4.78 is 17.8. The van der Waals surface area contributed by atoms with E-state index in [0.29, 0.717) is 46.0 Å². The van der Waals surface area contributed by atoms with Gasteiger partial charge in [-0.3, -0.25) is 0 Å². The third-order valence-electron chi connectivity index (χ3n) is 8.64. The molecule has 0 radical (unpaired) electrons. The van der Waals surface area contributed by atoms with E-state index in [0.717, 1.165) is 44.1 Å². The number of phenolic OH excluding ortho intramolecular Hbond substituents is 2. The van der Waals surface area contributed by atoms with Crippen LogP contribution in [-0.4, -0.2) is 44.5 Å². The Bertz CT molecular complexity index is 1470. The lowest BCUT2D eigenvalue weighted by Gasteiger charge is -2.21. The first-order valence-corrected chi connectivity index (χ1v) is 16.6. The van der Waals surface area contributed by atoms with Gasteiger partial charge in [-0.1, -0.05) is 54.4 Å². The first-order chi connectivity index (χ1) is 22.2. The number of nitrogens with zero attached hydrogens (tertiary/aromatic N) is 3. The second kappa shape index (κ2) is 16.3. The van der Waals surface area contributed by atoms with E-state index in [9.17, 15) is 10.2 Å². The molecule has 0 spiro atoms. The minimum atomic E-state index is -0.00592. The van der Waals surface area contributed by atoms with Crippen LogP contribution in [0.5, 0.6) is 28.7 Å². The fraction of sp³-hybridized carbons (Fsp3) is 0.447. The molecular weight excluding hydrogens is 578 g/mol. The van der Waals surface area contributed by atoms with E-state index in [1.165, 1.54) is 0 Å². The second-order valence-electron chi connectivity index (χ2n) is 12.2. The minimum absolute atomic E-state index is 0.00592. The predicted molar refractivity (Wildman–Crippen MR) is 184 cm³/mol. The zero-order valence-corrected chi connectivity index (χ0v) is 28.3. The van der Waals surface area contributed by atoms with Crippen LogP contribution in [0.4, 0.5) is 0 Å². The Morgan fingerprint density at radius 1 is 0.565 bits per heavy atom. The van der Waals surface area contributed by atoms with Crippen LogP contribution >= 0.6 is 0 Å². The van der Waals surface area contributed by atoms with Gasteiger partial charge in [-0.25, -0.2) is 15.0 Å². The average Bonchev–Trinajstić information content (AvgIpc) is 3.07. The maximum atomic E-state index is 11.2. The summed E-state index contributed by atoms with van der Waals surface area (Å²) in [5.74, 6) is 3.90. The highest BCUT2D eigenvalue weighted by atomic mass is 16.5. The van der Waals surface area contributed by atoms with Gasteiger partial charge in [-0.15, -0.1) is 0 Å². The maximum Gasteiger partial charge on any atom is 0.167 e. The molecule has 8 nitrogen and oxygen atoms in total. The monoisotopic (exact) mass is 627 g/mol. The molecule has 4 unspecified atom stereocenters. The summed E-state index contributed by atoms with van der Waals surface area (Å²) in [7, 11) is 1.61. The molecule has 0 aliphatic heterocycles. The topological polar surface area (TPSA) is 107 Å². The molecule has 3 aromatic carbocycles. The Hall–Kier alpha value is -4.33. The van der Waals surface area contributed by atoms with Crippen molar-refractivity contribution in [3.63, 3.8) is 0 Å². The van der Waals surface area contributed by atoms with Crippen molar-refractivity contribution in [3.8, 4) is 62.9 Å². The number of hydrogen-bond donors (Lipinski definition) is 2. The Kier molecular flexibility index (Phi) is 12.2. The van der Waals surface area contributed by atoms with Crippen LogP contribution in [0.25, 0.3) is 34.2 Å². The zero-order chi connectivity index (χ0) is 33.2. The van der Waals surface area contributed by atoms with Gasteiger partial charge >= 0.3 is 0 Å². The maximum absolute atomic E-state index is 11.2. The molecule has 4 atom stereocenters. The lowest BCUT2D eigenvalue weighted by Crippen LogP contribution is -2.18. The van der Waals surface area contributed by atoms with Crippen molar-refractivity contribution in [2.24, 2.45) is 11.8 Å². The van der Waals surface area contributed by atoms with Gasteiger partial charge < -0.3 is 24.4 Å². The lowest BCUT2D eigenvalue weighted by molar-refractivity contribution is 0.165. The average molecular weight is 628 g/mol. The fourth-order valence-electron chi connectivity index (χ4n) is 5.25. The Morgan fingerprint density at radius 3 is 1.35 bits per heavy atom. The predicted octanol–water partition coefficient (Wildman–Crippen LogP) is 9.48. The van der Waals surface area contributed by atoms with Gasteiger partial charge in [0, 0.05) is 17.7 Å². The number of benzene rings is 3. The van der Waals surface area contributed by atoms with Crippen LogP contribution in [0.1, 0.15) is 80.1 Å². The molecule has 46 heavy (non-hydrogen) atoms. The van der Waals surface area contributed by atoms with Crippen LogP contribution in [0.15, 0.2) is 60.7 Å². The van der Waals surface area contributed by atoms with E-state index in [1.54, 1.807) is 31.4 Å². The Morgan fingerprint density at radius 2 is 0.978 bits per heavy atom. The van der Waals surface area contributed by atoms with E-state index in [2.05, 4.69) is 41.5 Å². The van der Waals surface area contributed by atoms with E-state index in [-0.39, 0.29) is 35.4 Å². The van der Waals surface area contributed by atoms with E-state index in [1.807, 2.05) is 36.4 Å². The molecule has 4 aromatic rings. The molecule has 0 amide bonds. The molecule has 246 valence electrons.